The summed E-state index contributed by atoms with van der Waals surface area (Å²) < 4.78 is 5.26. The molecule has 3 heteroatoms. The highest BCUT2D eigenvalue weighted by Gasteiger charge is 2.21. The van der Waals surface area contributed by atoms with Crippen molar-refractivity contribution in [2.24, 2.45) is 5.92 Å². The fraction of sp³-hybridized carbons (Fsp3) is 0.625. The Labute approximate surface area is 116 Å². The number of nitrogen functional groups attached to an aromatic ring is 1. The molecule has 3 N–H and O–H groups in total. The lowest BCUT2D eigenvalue weighted by Crippen LogP contribution is -2.26. The lowest BCUT2D eigenvalue weighted by molar-refractivity contribution is 0.319. The molecule has 0 amide bonds. The van der Waals surface area contributed by atoms with Crippen molar-refractivity contribution < 1.29 is 4.74 Å². The van der Waals surface area contributed by atoms with E-state index in [1.807, 2.05) is 18.2 Å². The average molecular weight is 262 g/mol. The summed E-state index contributed by atoms with van der Waals surface area (Å²) in [4.78, 5) is 0. The van der Waals surface area contributed by atoms with Crippen molar-refractivity contribution in [3.8, 4) is 5.75 Å². The number of nitrogens with two attached hydrogens (primary N) is 1. The van der Waals surface area contributed by atoms with Crippen molar-refractivity contribution in [3.63, 3.8) is 0 Å². The molecule has 0 bridgehead atoms. The molecule has 1 fully saturated rings. The predicted octanol–water partition coefficient (Wildman–Crippen LogP) is 4.05. The van der Waals surface area contributed by atoms with Crippen LogP contribution in [0.3, 0.4) is 0 Å². The van der Waals surface area contributed by atoms with Crippen LogP contribution >= 0.6 is 0 Å². The molecule has 1 aliphatic carbocycles. The topological polar surface area (TPSA) is 47.3 Å². The fourth-order valence-electron chi connectivity index (χ4n) is 3.07. The Morgan fingerprint density at radius 1 is 1.26 bits per heavy atom. The van der Waals surface area contributed by atoms with Crippen LogP contribution in [-0.4, -0.2) is 13.2 Å². The van der Waals surface area contributed by atoms with Gasteiger partial charge in [-0.3, -0.25) is 0 Å². The first-order chi connectivity index (χ1) is 9.24. The van der Waals surface area contributed by atoms with Gasteiger partial charge in [0.25, 0.3) is 0 Å². The van der Waals surface area contributed by atoms with Crippen LogP contribution in [0.4, 0.5) is 11.4 Å². The number of hydrogen-bond donors (Lipinski definition) is 2. The molecule has 1 aliphatic rings. The number of nitrogens with one attached hydrogen (secondary N) is 1. The minimum absolute atomic E-state index is 0.558. The molecule has 0 spiro atoms. The summed E-state index contributed by atoms with van der Waals surface area (Å²) in [5, 5.41) is 3.58. The molecule has 0 aromatic heterocycles. The van der Waals surface area contributed by atoms with Gasteiger partial charge in [-0.15, -0.1) is 0 Å². The van der Waals surface area contributed by atoms with Crippen LogP contribution in [0.2, 0.25) is 0 Å². The number of methoxy groups -OCH3 is 1. The van der Waals surface area contributed by atoms with Gasteiger partial charge in [0.05, 0.1) is 18.5 Å². The second-order valence-electron chi connectivity index (χ2n) is 5.57. The summed E-state index contributed by atoms with van der Waals surface area (Å²) in [7, 11) is 1.66. The van der Waals surface area contributed by atoms with Crippen molar-refractivity contribution >= 4 is 11.4 Å². The zero-order valence-electron chi connectivity index (χ0n) is 12.1. The molecule has 106 valence electrons. The Hall–Kier alpha value is -1.38. The van der Waals surface area contributed by atoms with Crippen LogP contribution in [0, 0.1) is 5.92 Å². The summed E-state index contributed by atoms with van der Waals surface area (Å²) in [6, 6.07) is 6.48. The molecule has 0 heterocycles. The van der Waals surface area contributed by atoms with E-state index in [9.17, 15) is 0 Å². The van der Waals surface area contributed by atoms with E-state index in [0.29, 0.717) is 6.04 Å². The van der Waals surface area contributed by atoms with Gasteiger partial charge in [-0.25, -0.2) is 0 Å². The van der Waals surface area contributed by atoms with Gasteiger partial charge in [0.1, 0.15) is 5.75 Å². The Bertz CT molecular complexity index is 398. The Morgan fingerprint density at radius 2 is 2.00 bits per heavy atom. The van der Waals surface area contributed by atoms with E-state index >= 15 is 0 Å². The fourth-order valence-corrected chi connectivity index (χ4v) is 3.07. The van der Waals surface area contributed by atoms with Gasteiger partial charge in [-0.2, -0.15) is 0 Å². The van der Waals surface area contributed by atoms with Gasteiger partial charge in [0.2, 0.25) is 0 Å². The van der Waals surface area contributed by atoms with E-state index in [2.05, 4.69) is 12.2 Å². The molecule has 1 aromatic carbocycles. The van der Waals surface area contributed by atoms with Crippen LogP contribution in [0.5, 0.6) is 5.75 Å². The molecule has 1 saturated carbocycles. The van der Waals surface area contributed by atoms with Crippen molar-refractivity contribution in [2.45, 2.75) is 51.5 Å². The van der Waals surface area contributed by atoms with Crippen LogP contribution < -0.4 is 15.8 Å². The van der Waals surface area contributed by atoms with Crippen LogP contribution in [0.1, 0.15) is 45.4 Å². The SMILES string of the molecule is CCCC1CCC(Nc2cccc(OC)c2N)CC1. The van der Waals surface area contributed by atoms with Gasteiger partial charge in [-0.1, -0.05) is 25.8 Å². The van der Waals surface area contributed by atoms with Crippen LogP contribution in [0.25, 0.3) is 0 Å². The summed E-state index contributed by atoms with van der Waals surface area (Å²) in [6.45, 7) is 2.28. The van der Waals surface area contributed by atoms with Gasteiger partial charge in [-0.05, 0) is 43.7 Å². The number of ether oxygens (including phenoxy) is 1. The van der Waals surface area contributed by atoms with Gasteiger partial charge in [0, 0.05) is 6.04 Å². The lowest BCUT2D eigenvalue weighted by Gasteiger charge is -2.30. The minimum atomic E-state index is 0.558. The van der Waals surface area contributed by atoms with Gasteiger partial charge < -0.3 is 15.8 Å². The van der Waals surface area contributed by atoms with E-state index in [-0.39, 0.29) is 0 Å². The monoisotopic (exact) mass is 262 g/mol. The van der Waals surface area contributed by atoms with Crippen molar-refractivity contribution in [3.05, 3.63) is 18.2 Å². The normalized spacial score (nSPS) is 23.1. The second kappa shape index (κ2) is 6.69. The summed E-state index contributed by atoms with van der Waals surface area (Å²) in [5.41, 5.74) is 7.83. The van der Waals surface area contributed by atoms with E-state index < -0.39 is 0 Å². The third kappa shape index (κ3) is 3.55. The zero-order valence-corrected chi connectivity index (χ0v) is 12.1. The summed E-state index contributed by atoms with van der Waals surface area (Å²) in [5.74, 6) is 1.69. The van der Waals surface area contributed by atoms with E-state index in [1.54, 1.807) is 7.11 Å². The highest BCUT2D eigenvalue weighted by molar-refractivity contribution is 5.73. The molecular weight excluding hydrogens is 236 g/mol. The summed E-state index contributed by atoms with van der Waals surface area (Å²) >= 11 is 0. The van der Waals surface area contributed by atoms with E-state index in [1.165, 1.54) is 38.5 Å². The third-order valence-corrected chi connectivity index (χ3v) is 4.19. The third-order valence-electron chi connectivity index (χ3n) is 4.19. The van der Waals surface area contributed by atoms with Crippen LogP contribution in [-0.2, 0) is 0 Å². The first-order valence-corrected chi connectivity index (χ1v) is 7.43. The molecule has 0 atom stereocenters. The van der Waals surface area contributed by atoms with Crippen LogP contribution in [0.15, 0.2) is 18.2 Å². The van der Waals surface area contributed by atoms with Gasteiger partial charge in [0.15, 0.2) is 0 Å². The largest absolute Gasteiger partial charge is 0.495 e. The molecule has 0 unspecified atom stereocenters. The van der Waals surface area contributed by atoms with E-state index in [0.717, 1.165) is 23.0 Å². The average Bonchev–Trinajstić information content (AvgIpc) is 2.43. The standard InChI is InChI=1S/C16H26N2O/c1-3-5-12-8-10-13(11-9-12)18-14-6-4-7-15(19-2)16(14)17/h4,6-7,12-13,18H,3,5,8-11,17H2,1-2H3. The number of benzene rings is 1. The predicted molar refractivity (Wildman–Crippen MR) is 81.7 cm³/mol. The molecule has 0 saturated heterocycles. The number of hydrogen-bond acceptors (Lipinski definition) is 3. The first kappa shape index (κ1) is 14.0. The Morgan fingerprint density at radius 3 is 2.63 bits per heavy atom. The van der Waals surface area contributed by atoms with E-state index in [4.69, 9.17) is 10.5 Å². The highest BCUT2D eigenvalue weighted by atomic mass is 16.5. The van der Waals surface area contributed by atoms with Crippen molar-refractivity contribution in [2.75, 3.05) is 18.2 Å². The van der Waals surface area contributed by atoms with Crippen molar-refractivity contribution in [1.82, 2.24) is 0 Å². The highest BCUT2D eigenvalue weighted by Crippen LogP contribution is 2.33. The second-order valence-corrected chi connectivity index (χ2v) is 5.57. The molecule has 0 aliphatic heterocycles. The molecular formula is C16H26N2O. The molecule has 19 heavy (non-hydrogen) atoms. The molecule has 3 nitrogen and oxygen atoms in total. The smallest absolute Gasteiger partial charge is 0.143 e. The molecule has 2 rings (SSSR count). The molecule has 0 radical (unpaired) electrons. The quantitative estimate of drug-likeness (QED) is 0.787. The minimum Gasteiger partial charge on any atom is -0.495 e. The van der Waals surface area contributed by atoms with Gasteiger partial charge >= 0.3 is 0 Å². The lowest BCUT2D eigenvalue weighted by atomic mass is 9.83. The Balaban J connectivity index is 1.92. The summed E-state index contributed by atoms with van der Waals surface area (Å²) in [6.07, 6.45) is 7.88. The van der Waals surface area contributed by atoms with Crippen molar-refractivity contribution in [1.29, 1.82) is 0 Å². The Kier molecular flexibility index (Phi) is 4.94. The number of rotatable bonds is 5. The number of para-hydroxylation sites is 1. The maximum absolute atomic E-state index is 6.10. The number of anilines is 2. The molecule has 1 aromatic rings. The maximum Gasteiger partial charge on any atom is 0.143 e. The maximum atomic E-state index is 6.10. The zero-order chi connectivity index (χ0) is 13.7. The first-order valence-electron chi connectivity index (χ1n) is 7.43.